The highest BCUT2D eigenvalue weighted by Gasteiger charge is 1.92. The van der Waals surface area contributed by atoms with Crippen LogP contribution in [-0.4, -0.2) is 5.71 Å². The predicted molar refractivity (Wildman–Crippen MR) is 106 cm³/mol. The summed E-state index contributed by atoms with van der Waals surface area (Å²) in [5, 5.41) is 3.22. The first-order valence-corrected chi connectivity index (χ1v) is 7.93. The van der Waals surface area contributed by atoms with Crippen molar-refractivity contribution in [3.63, 3.8) is 0 Å². The molecule has 0 saturated heterocycles. The Morgan fingerprint density at radius 2 is 1.62 bits per heavy atom. The molecule has 2 heteroatoms. The van der Waals surface area contributed by atoms with Gasteiger partial charge in [-0.15, -0.1) is 0 Å². The van der Waals surface area contributed by atoms with Crippen molar-refractivity contribution >= 4 is 17.1 Å². The topological polar surface area (TPSA) is 24.4 Å². The summed E-state index contributed by atoms with van der Waals surface area (Å²) in [6.07, 6.45) is 14.4. The van der Waals surface area contributed by atoms with Gasteiger partial charge in [-0.25, -0.2) is 0 Å². The number of nitrogens with one attached hydrogen (secondary N) is 1. The van der Waals surface area contributed by atoms with Crippen molar-refractivity contribution in [2.45, 2.75) is 6.42 Å². The zero-order valence-electron chi connectivity index (χ0n) is 13.7. The molecule has 0 aliphatic rings. The smallest absolute Gasteiger partial charge is 0.0633 e. The second-order valence-corrected chi connectivity index (χ2v) is 5.04. The summed E-state index contributed by atoms with van der Waals surface area (Å²) >= 11 is 0. The zero-order valence-corrected chi connectivity index (χ0v) is 13.7. The summed E-state index contributed by atoms with van der Waals surface area (Å²) in [7, 11) is 0. The first-order chi connectivity index (χ1) is 11.9. The van der Waals surface area contributed by atoms with Crippen LogP contribution in [0, 0.1) is 0 Å². The number of aliphatic imine (C=N–C) groups is 1. The molecule has 2 aromatic carbocycles. The van der Waals surface area contributed by atoms with Crippen molar-refractivity contribution in [2.75, 3.05) is 5.32 Å². The Bertz CT molecular complexity index is 723. The predicted octanol–water partition coefficient (Wildman–Crippen LogP) is 6.07. The van der Waals surface area contributed by atoms with E-state index in [1.54, 1.807) is 6.08 Å². The third-order valence-electron chi connectivity index (χ3n) is 3.15. The van der Waals surface area contributed by atoms with E-state index in [-0.39, 0.29) is 0 Å². The molecule has 2 nitrogen and oxygen atoms in total. The van der Waals surface area contributed by atoms with Crippen molar-refractivity contribution in [1.29, 1.82) is 0 Å². The number of rotatable bonds is 8. The summed E-state index contributed by atoms with van der Waals surface area (Å²) < 4.78 is 0. The lowest BCUT2D eigenvalue weighted by Crippen LogP contribution is -1.90. The number of hydrogen-bond acceptors (Lipinski definition) is 2. The highest BCUT2D eigenvalue weighted by atomic mass is 14.8. The summed E-state index contributed by atoms with van der Waals surface area (Å²) in [6.45, 7) is 3.71. The largest absolute Gasteiger partial charge is 0.362 e. The van der Waals surface area contributed by atoms with Crippen molar-refractivity contribution < 1.29 is 0 Å². The molecule has 0 radical (unpaired) electrons. The molecule has 0 bridgehead atoms. The molecule has 0 unspecified atom stereocenters. The Labute approximate surface area is 144 Å². The minimum atomic E-state index is 0.759. The summed E-state index contributed by atoms with van der Waals surface area (Å²) in [5.41, 5.74) is 3.01. The molecule has 0 amide bonds. The van der Waals surface area contributed by atoms with Crippen LogP contribution in [-0.2, 0) is 0 Å². The monoisotopic (exact) mass is 314 g/mol. The fraction of sp³-hybridized carbons (Fsp3) is 0.0455. The second kappa shape index (κ2) is 10.6. The number of anilines is 1. The molecule has 2 rings (SSSR count). The Morgan fingerprint density at radius 1 is 0.917 bits per heavy atom. The molecular weight excluding hydrogens is 292 g/mol. The van der Waals surface area contributed by atoms with Gasteiger partial charge in [0.05, 0.1) is 5.69 Å². The van der Waals surface area contributed by atoms with E-state index in [4.69, 9.17) is 0 Å². The van der Waals surface area contributed by atoms with Crippen LogP contribution in [0.5, 0.6) is 0 Å². The molecule has 1 N–H and O–H groups in total. The molecule has 0 aliphatic carbocycles. The number of nitrogens with zero attached hydrogens (tertiary/aromatic N) is 1. The maximum Gasteiger partial charge on any atom is 0.0633 e. The molecule has 0 saturated carbocycles. The average Bonchev–Trinajstić information content (AvgIpc) is 2.64. The van der Waals surface area contributed by atoms with Crippen LogP contribution in [0.3, 0.4) is 0 Å². The van der Waals surface area contributed by atoms with Crippen LogP contribution in [0.25, 0.3) is 0 Å². The molecule has 120 valence electrons. The second-order valence-electron chi connectivity index (χ2n) is 5.04. The lowest BCUT2D eigenvalue weighted by atomic mass is 10.2. The Morgan fingerprint density at radius 3 is 2.33 bits per heavy atom. The van der Waals surface area contributed by atoms with Crippen LogP contribution in [0.1, 0.15) is 6.42 Å². The van der Waals surface area contributed by atoms with Gasteiger partial charge in [-0.3, -0.25) is 4.99 Å². The normalized spacial score (nSPS) is 12.2. The van der Waals surface area contributed by atoms with Crippen LogP contribution in [0.15, 0.2) is 115 Å². The van der Waals surface area contributed by atoms with E-state index in [0.29, 0.717) is 0 Å². The van der Waals surface area contributed by atoms with Gasteiger partial charge in [0.25, 0.3) is 0 Å². The van der Waals surface area contributed by atoms with Gasteiger partial charge in [0.15, 0.2) is 0 Å². The maximum atomic E-state index is 4.65. The first kappa shape index (κ1) is 17.2. The standard InChI is InChI=1S/C22H22N2/c1-2-3-13-21(24-22-16-9-5-10-17-22)18-11-6-12-19-23-20-14-7-4-8-15-20/h2-17,19,23H,1,18H2. The van der Waals surface area contributed by atoms with E-state index in [0.717, 1.165) is 23.5 Å². The maximum absolute atomic E-state index is 4.65. The lowest BCUT2D eigenvalue weighted by molar-refractivity contribution is 1.41. The molecule has 0 heterocycles. The van der Waals surface area contributed by atoms with Gasteiger partial charge in [-0.05, 0) is 36.4 Å². The van der Waals surface area contributed by atoms with E-state index in [1.165, 1.54) is 0 Å². The Kier molecular flexibility index (Phi) is 7.59. The molecule has 0 spiro atoms. The number of benzene rings is 2. The number of para-hydroxylation sites is 2. The van der Waals surface area contributed by atoms with E-state index in [1.807, 2.05) is 91.2 Å². The fourth-order valence-electron chi connectivity index (χ4n) is 2.00. The van der Waals surface area contributed by atoms with Gasteiger partial charge in [-0.2, -0.15) is 0 Å². The molecular formula is C22H22N2. The van der Waals surface area contributed by atoms with E-state index in [2.05, 4.69) is 23.0 Å². The SMILES string of the molecule is C=CC=CC(CC=CC=CNc1ccccc1)=Nc1ccccc1. The minimum Gasteiger partial charge on any atom is -0.362 e. The molecule has 24 heavy (non-hydrogen) atoms. The van der Waals surface area contributed by atoms with Crippen LogP contribution in [0.4, 0.5) is 11.4 Å². The summed E-state index contributed by atoms with van der Waals surface area (Å²) in [5.74, 6) is 0. The van der Waals surface area contributed by atoms with Crippen molar-refractivity contribution in [3.05, 3.63) is 110 Å². The van der Waals surface area contributed by atoms with Gasteiger partial charge >= 0.3 is 0 Å². The van der Waals surface area contributed by atoms with E-state index in [9.17, 15) is 0 Å². The summed E-state index contributed by atoms with van der Waals surface area (Å²) in [6, 6.07) is 20.0. The van der Waals surface area contributed by atoms with Crippen LogP contribution in [0.2, 0.25) is 0 Å². The molecule has 0 aromatic heterocycles. The zero-order chi connectivity index (χ0) is 16.9. The molecule has 0 aliphatic heterocycles. The van der Waals surface area contributed by atoms with Gasteiger partial charge in [0.1, 0.15) is 0 Å². The van der Waals surface area contributed by atoms with Gasteiger partial charge in [0, 0.05) is 24.0 Å². The highest BCUT2D eigenvalue weighted by molar-refractivity contribution is 5.97. The number of hydrogen-bond donors (Lipinski definition) is 1. The van der Waals surface area contributed by atoms with Crippen LogP contribution >= 0.6 is 0 Å². The third kappa shape index (κ3) is 6.75. The van der Waals surface area contributed by atoms with E-state index >= 15 is 0 Å². The lowest BCUT2D eigenvalue weighted by Gasteiger charge is -1.98. The Hall–Kier alpha value is -3.13. The summed E-state index contributed by atoms with van der Waals surface area (Å²) in [4.78, 5) is 4.65. The fourth-order valence-corrected chi connectivity index (χ4v) is 2.00. The Balaban J connectivity index is 1.91. The molecule has 0 atom stereocenters. The first-order valence-electron chi connectivity index (χ1n) is 7.93. The van der Waals surface area contributed by atoms with Gasteiger partial charge in [0.2, 0.25) is 0 Å². The molecule has 2 aromatic rings. The quantitative estimate of drug-likeness (QED) is 0.464. The van der Waals surface area contributed by atoms with Gasteiger partial charge in [-0.1, -0.05) is 67.3 Å². The molecule has 0 fully saturated rings. The minimum absolute atomic E-state index is 0.759. The third-order valence-corrected chi connectivity index (χ3v) is 3.15. The van der Waals surface area contributed by atoms with Crippen molar-refractivity contribution in [3.8, 4) is 0 Å². The average molecular weight is 314 g/mol. The van der Waals surface area contributed by atoms with Crippen molar-refractivity contribution in [2.24, 2.45) is 4.99 Å². The van der Waals surface area contributed by atoms with Crippen molar-refractivity contribution in [1.82, 2.24) is 0 Å². The van der Waals surface area contributed by atoms with Gasteiger partial charge < -0.3 is 5.32 Å². The highest BCUT2D eigenvalue weighted by Crippen LogP contribution is 2.12. The van der Waals surface area contributed by atoms with E-state index < -0.39 is 0 Å². The number of allylic oxidation sites excluding steroid dienone is 6. The van der Waals surface area contributed by atoms with Crippen LogP contribution < -0.4 is 5.32 Å².